The van der Waals surface area contributed by atoms with Crippen molar-refractivity contribution in [2.24, 2.45) is 40.9 Å². The zero-order chi connectivity index (χ0) is 80.9. The van der Waals surface area contributed by atoms with Gasteiger partial charge < -0.3 is 106 Å². The van der Waals surface area contributed by atoms with E-state index in [1.807, 2.05) is 13.8 Å². The van der Waals surface area contributed by atoms with Gasteiger partial charge in [-0.1, -0.05) is 123 Å². The highest BCUT2D eigenvalue weighted by Gasteiger charge is 2.40. The summed E-state index contributed by atoms with van der Waals surface area (Å²) in [6.45, 7) is 13.8. The molecule has 12 amide bonds. The smallest absolute Gasteiger partial charge is 0.326 e. The van der Waals surface area contributed by atoms with Gasteiger partial charge in [-0.25, -0.2) is 4.79 Å². The third kappa shape index (κ3) is 31.0. The standard InChI is InChI=1S/C73H114N16O19/c1-10-40(6)59(70(104)78-43(9)62(96)80-50(28-29-57(92)93)64(98)86-55(38-90)69(103)85-54(73(107)108)34-45-37-77-47-25-17-16-24-46(45)47)87-65(99)49(27-19-21-31-75)81-63(97)48(26-18-20-30-74)82-71(105)60(41(7)11-2)89-72(106)61(42(8)12-3)88-68(102)53(35-58(94)95)84-67(101)52(33-44-22-14-13-15-23-44)83-66(100)51(32-39(4)5)79-56(91)36-76/h13-17,22-25,37,39-43,48-55,59-61,77,90H,10-12,18-21,26-36,38,74-76H2,1-9H3,(H,78,104)(H,79,91)(H,80,96)(H,81,97)(H,82,105)(H,83,100)(H,84,101)(H,85,103)(H,86,98)(H,87,99)(H,88,102)(H,89,106)(H,92,93)(H,94,95)(H,107,108)/t40-,41-,42-,43-,48-,49-,50-,51-,52-,53-,54-,55-,59-,60-,61-/m0/s1. The molecule has 23 N–H and O–H groups in total. The number of carboxylic acid groups (broad SMARTS) is 3. The number of carbonyl (C=O) groups excluding carboxylic acids is 12. The van der Waals surface area contributed by atoms with Crippen molar-refractivity contribution in [2.45, 2.75) is 231 Å². The molecule has 1 aromatic heterocycles. The van der Waals surface area contributed by atoms with E-state index in [2.05, 4.69) is 68.8 Å². The van der Waals surface area contributed by atoms with Gasteiger partial charge >= 0.3 is 17.9 Å². The predicted molar refractivity (Wildman–Crippen MR) is 398 cm³/mol. The minimum Gasteiger partial charge on any atom is -0.481 e. The van der Waals surface area contributed by atoms with Crippen LogP contribution in [0.5, 0.6) is 0 Å². The Morgan fingerprint density at radius 2 is 0.833 bits per heavy atom. The van der Waals surface area contributed by atoms with Crippen LogP contribution in [0.15, 0.2) is 60.8 Å². The molecule has 35 nitrogen and oxygen atoms in total. The van der Waals surface area contributed by atoms with E-state index in [4.69, 9.17) is 17.2 Å². The number of benzene rings is 2. The van der Waals surface area contributed by atoms with Crippen LogP contribution in [-0.4, -0.2) is 213 Å². The number of aliphatic hydroxyl groups excluding tert-OH is 1. The Balaban J connectivity index is 1.88. The largest absolute Gasteiger partial charge is 0.481 e. The van der Waals surface area contributed by atoms with E-state index >= 15 is 0 Å². The van der Waals surface area contributed by atoms with Gasteiger partial charge in [0, 0.05) is 36.4 Å². The third-order valence-corrected chi connectivity index (χ3v) is 18.6. The number of fused-ring (bicyclic) bond motifs is 1. The van der Waals surface area contributed by atoms with Crippen molar-refractivity contribution in [2.75, 3.05) is 26.2 Å². The van der Waals surface area contributed by atoms with Crippen LogP contribution in [0.3, 0.4) is 0 Å². The number of para-hydroxylation sites is 1. The van der Waals surface area contributed by atoms with Crippen molar-refractivity contribution >= 4 is 99.7 Å². The molecule has 0 radical (unpaired) electrons. The Hall–Kier alpha value is -10.1. The number of nitrogens with one attached hydrogen (secondary N) is 13. The van der Waals surface area contributed by atoms with E-state index in [1.54, 1.807) is 102 Å². The molecule has 35 heteroatoms. The molecule has 3 aromatic rings. The summed E-state index contributed by atoms with van der Waals surface area (Å²) in [5, 5.41) is 71.0. The summed E-state index contributed by atoms with van der Waals surface area (Å²) in [7, 11) is 0. The fraction of sp³-hybridized carbons (Fsp3) is 0.603. The van der Waals surface area contributed by atoms with Crippen molar-refractivity contribution in [1.82, 2.24) is 68.8 Å². The van der Waals surface area contributed by atoms with Crippen LogP contribution in [0, 0.1) is 23.7 Å². The number of carboxylic acids is 3. The molecule has 0 aliphatic rings. The van der Waals surface area contributed by atoms with Crippen LogP contribution in [0.25, 0.3) is 10.9 Å². The number of aromatic amines is 1. The average Bonchev–Trinajstić information content (AvgIpc) is 1.75. The van der Waals surface area contributed by atoms with Gasteiger partial charge in [-0.05, 0) is 112 Å². The fourth-order valence-corrected chi connectivity index (χ4v) is 11.5. The van der Waals surface area contributed by atoms with Gasteiger partial charge in [-0.3, -0.25) is 67.1 Å². The lowest BCUT2D eigenvalue weighted by molar-refractivity contribution is -0.142. The number of H-pyrrole nitrogens is 1. The maximum atomic E-state index is 14.7. The normalized spacial score (nSPS) is 15.4. The van der Waals surface area contributed by atoms with E-state index in [1.165, 1.54) is 6.92 Å². The molecule has 0 spiro atoms. The number of aliphatic hydroxyl groups is 1. The Bertz CT molecular complexity index is 3500. The zero-order valence-corrected chi connectivity index (χ0v) is 63.1. The lowest BCUT2D eigenvalue weighted by atomic mass is 9.94. The first-order valence-corrected chi connectivity index (χ1v) is 36.8. The van der Waals surface area contributed by atoms with Crippen LogP contribution in [0.2, 0.25) is 0 Å². The van der Waals surface area contributed by atoms with Gasteiger partial charge in [-0.2, -0.15) is 0 Å². The van der Waals surface area contributed by atoms with Crippen molar-refractivity contribution in [1.29, 1.82) is 0 Å². The number of nitrogens with two attached hydrogens (primary N) is 3. The molecule has 0 fully saturated rings. The number of hydrogen-bond donors (Lipinski definition) is 20. The zero-order valence-electron chi connectivity index (χ0n) is 63.1. The molecule has 1 heterocycles. The quantitative estimate of drug-likeness (QED) is 0.0289. The molecular formula is C73H114N16O19. The summed E-state index contributed by atoms with van der Waals surface area (Å²) in [6.07, 6.45) is 1.17. The lowest BCUT2D eigenvalue weighted by Crippen LogP contribution is -2.62. The number of rotatable bonds is 51. The molecule has 0 aliphatic carbocycles. The topological polar surface area (TPSA) is 575 Å². The Morgan fingerprint density at radius 1 is 0.417 bits per heavy atom. The van der Waals surface area contributed by atoms with Crippen LogP contribution in [0.4, 0.5) is 0 Å². The first-order chi connectivity index (χ1) is 51.2. The molecule has 108 heavy (non-hydrogen) atoms. The molecular weight excluding hydrogens is 1400 g/mol. The summed E-state index contributed by atoms with van der Waals surface area (Å²) in [5.74, 6) is -17.6. The van der Waals surface area contributed by atoms with Crippen molar-refractivity contribution in [3.63, 3.8) is 0 Å². The molecule has 2 aromatic carbocycles. The molecule has 0 aliphatic heterocycles. The Morgan fingerprint density at radius 3 is 1.33 bits per heavy atom. The second kappa shape index (κ2) is 47.5. The average molecular weight is 1520 g/mol. The summed E-state index contributed by atoms with van der Waals surface area (Å²) >= 11 is 0. The van der Waals surface area contributed by atoms with Crippen LogP contribution >= 0.6 is 0 Å². The molecule has 0 saturated heterocycles. The van der Waals surface area contributed by atoms with E-state index in [-0.39, 0.29) is 83.2 Å². The van der Waals surface area contributed by atoms with Gasteiger partial charge in [0.15, 0.2) is 0 Å². The van der Waals surface area contributed by atoms with Crippen molar-refractivity contribution in [3.8, 4) is 0 Å². The predicted octanol–water partition coefficient (Wildman–Crippen LogP) is -1.39. The monoisotopic (exact) mass is 1520 g/mol. The van der Waals surface area contributed by atoms with E-state index < -0.39 is 211 Å². The molecule has 3 rings (SSSR count). The maximum absolute atomic E-state index is 14.7. The summed E-state index contributed by atoms with van der Waals surface area (Å²) < 4.78 is 0. The highest BCUT2D eigenvalue weighted by Crippen LogP contribution is 2.21. The maximum Gasteiger partial charge on any atom is 0.326 e. The van der Waals surface area contributed by atoms with Gasteiger partial charge in [0.05, 0.1) is 19.6 Å². The lowest BCUT2D eigenvalue weighted by Gasteiger charge is -2.31. The van der Waals surface area contributed by atoms with Crippen LogP contribution in [0.1, 0.15) is 157 Å². The van der Waals surface area contributed by atoms with E-state index in [0.29, 0.717) is 34.9 Å². The van der Waals surface area contributed by atoms with Gasteiger partial charge in [0.1, 0.15) is 72.5 Å². The second-order valence-electron chi connectivity index (χ2n) is 27.6. The van der Waals surface area contributed by atoms with Crippen molar-refractivity contribution < 1.29 is 92.3 Å². The number of carbonyl (C=O) groups is 15. The van der Waals surface area contributed by atoms with Crippen LogP contribution in [-0.2, 0) is 84.8 Å². The van der Waals surface area contributed by atoms with E-state index in [0.717, 1.165) is 0 Å². The summed E-state index contributed by atoms with van der Waals surface area (Å²) in [4.78, 5) is 208. The summed E-state index contributed by atoms with van der Waals surface area (Å²) in [5.41, 5.74) is 19.0. The van der Waals surface area contributed by atoms with Gasteiger partial charge in [0.2, 0.25) is 70.9 Å². The van der Waals surface area contributed by atoms with E-state index in [9.17, 15) is 92.3 Å². The molecule has 15 atom stereocenters. The Labute approximate surface area is 628 Å². The minimum absolute atomic E-state index is 0.0388. The first-order valence-electron chi connectivity index (χ1n) is 36.8. The van der Waals surface area contributed by atoms with Crippen molar-refractivity contribution in [3.05, 3.63) is 71.9 Å². The molecule has 0 unspecified atom stereocenters. The number of hydrogen-bond acceptors (Lipinski definition) is 19. The molecule has 600 valence electrons. The highest BCUT2D eigenvalue weighted by molar-refractivity contribution is 6.00. The fourth-order valence-electron chi connectivity index (χ4n) is 11.5. The third-order valence-electron chi connectivity index (χ3n) is 18.6. The second-order valence-corrected chi connectivity index (χ2v) is 27.6. The summed E-state index contributed by atoms with van der Waals surface area (Å²) in [6, 6.07) is -2.52. The highest BCUT2D eigenvalue weighted by atomic mass is 16.4. The first kappa shape index (κ1) is 92.1. The minimum atomic E-state index is -1.84. The number of aromatic nitrogens is 1. The molecule has 0 saturated carbocycles. The number of unbranched alkanes of at least 4 members (excludes halogenated alkanes) is 2. The van der Waals surface area contributed by atoms with Crippen LogP contribution < -0.4 is 81.0 Å². The molecule has 0 bridgehead atoms. The number of amides is 12. The van der Waals surface area contributed by atoms with Gasteiger partial charge in [-0.15, -0.1) is 0 Å². The number of aliphatic carboxylic acids is 3. The van der Waals surface area contributed by atoms with Gasteiger partial charge in [0.25, 0.3) is 0 Å². The Kier molecular flexibility index (Phi) is 40.5. The SMILES string of the molecule is CC[C@H](C)[C@H](NC(=O)[C@H](CCCCN)NC(=O)[C@H](CCCCN)NC(=O)[C@@H](NC(=O)[C@@H](NC(=O)[C@H](CC(=O)O)NC(=O)[C@H](Cc1ccccc1)NC(=O)[C@H](CC(C)C)NC(=O)CN)[C@@H](C)CC)[C@@H](C)CC)C(=O)N[C@@H](C)C(=O)N[C@@H](CCC(=O)O)C(=O)N[C@@H](CO)C(=O)N[C@@H](Cc1c[nH]c2ccccc12)C(=O)O.